The summed E-state index contributed by atoms with van der Waals surface area (Å²) in [4.78, 5) is 14.4. The van der Waals surface area contributed by atoms with E-state index in [2.05, 4.69) is 10.2 Å². The van der Waals surface area contributed by atoms with Crippen molar-refractivity contribution in [2.45, 2.75) is 25.4 Å². The van der Waals surface area contributed by atoms with Gasteiger partial charge in [-0.3, -0.25) is 9.69 Å². The normalized spacial score (nSPS) is 19.0. The molecule has 2 aromatic rings. The fourth-order valence-electron chi connectivity index (χ4n) is 2.83. The number of rotatable bonds is 4. The number of furan rings is 1. The number of likely N-dealkylation sites (tertiary alicyclic amines) is 1. The van der Waals surface area contributed by atoms with Crippen LogP contribution in [0.2, 0.25) is 5.02 Å². The molecule has 0 spiro atoms. The monoisotopic (exact) mass is 318 g/mol. The quantitative estimate of drug-likeness (QED) is 0.940. The van der Waals surface area contributed by atoms with Gasteiger partial charge in [-0.1, -0.05) is 23.7 Å². The van der Waals surface area contributed by atoms with Crippen molar-refractivity contribution in [1.82, 2.24) is 10.2 Å². The van der Waals surface area contributed by atoms with Crippen LogP contribution in [0.25, 0.3) is 0 Å². The van der Waals surface area contributed by atoms with E-state index in [0.29, 0.717) is 5.76 Å². The minimum atomic E-state index is -0.136. The van der Waals surface area contributed by atoms with Crippen molar-refractivity contribution in [3.8, 4) is 0 Å². The highest BCUT2D eigenvalue weighted by Gasteiger charge is 2.22. The lowest BCUT2D eigenvalue weighted by atomic mass is 10.0. The lowest BCUT2D eigenvalue weighted by Gasteiger charge is -2.33. The number of halogens is 1. The van der Waals surface area contributed by atoms with Crippen LogP contribution in [-0.2, 0) is 6.54 Å². The molecule has 0 aliphatic carbocycles. The highest BCUT2D eigenvalue weighted by atomic mass is 35.5. The largest absolute Gasteiger partial charge is 0.459 e. The lowest BCUT2D eigenvalue weighted by molar-refractivity contribution is 0.0873. The van der Waals surface area contributed by atoms with E-state index in [-0.39, 0.29) is 11.9 Å². The number of carbonyl (C=O) groups is 1. The van der Waals surface area contributed by atoms with Gasteiger partial charge in [-0.2, -0.15) is 0 Å². The van der Waals surface area contributed by atoms with E-state index in [0.717, 1.165) is 37.5 Å². The summed E-state index contributed by atoms with van der Waals surface area (Å²) in [6, 6.07) is 11.5. The molecule has 3 rings (SSSR count). The molecule has 116 valence electrons. The first-order chi connectivity index (χ1) is 10.7. The van der Waals surface area contributed by atoms with E-state index in [4.69, 9.17) is 16.0 Å². The van der Waals surface area contributed by atoms with Gasteiger partial charge in [0.15, 0.2) is 5.76 Å². The number of nitrogens with zero attached hydrogens (tertiary/aromatic N) is 1. The van der Waals surface area contributed by atoms with Crippen LogP contribution in [0.4, 0.5) is 0 Å². The smallest absolute Gasteiger partial charge is 0.287 e. The van der Waals surface area contributed by atoms with Crippen molar-refractivity contribution in [2.75, 3.05) is 13.1 Å². The number of nitrogens with one attached hydrogen (secondary N) is 1. The number of amides is 1. The second kappa shape index (κ2) is 6.99. The average molecular weight is 319 g/mol. The molecule has 1 saturated heterocycles. The summed E-state index contributed by atoms with van der Waals surface area (Å²) in [5, 5.41) is 3.81. The maximum Gasteiger partial charge on any atom is 0.287 e. The molecule has 22 heavy (non-hydrogen) atoms. The van der Waals surface area contributed by atoms with Gasteiger partial charge >= 0.3 is 0 Å². The molecule has 0 radical (unpaired) electrons. The zero-order chi connectivity index (χ0) is 15.4. The molecular formula is C17H19ClN2O2. The third-order valence-electron chi connectivity index (χ3n) is 3.91. The van der Waals surface area contributed by atoms with Crippen LogP contribution in [-0.4, -0.2) is 29.9 Å². The SMILES string of the molecule is O=C(N[C@H]1CCCN(Cc2ccc(Cl)cc2)C1)c1ccco1. The highest BCUT2D eigenvalue weighted by Crippen LogP contribution is 2.16. The van der Waals surface area contributed by atoms with E-state index in [1.54, 1.807) is 12.1 Å². The van der Waals surface area contributed by atoms with Crippen molar-refractivity contribution < 1.29 is 9.21 Å². The van der Waals surface area contributed by atoms with E-state index >= 15 is 0 Å². The zero-order valence-electron chi connectivity index (χ0n) is 12.3. The summed E-state index contributed by atoms with van der Waals surface area (Å²) >= 11 is 5.91. The molecule has 1 aliphatic rings. The van der Waals surface area contributed by atoms with Gasteiger partial charge in [0, 0.05) is 24.2 Å². The number of hydrogen-bond acceptors (Lipinski definition) is 3. The molecule has 0 unspecified atom stereocenters. The summed E-state index contributed by atoms with van der Waals surface area (Å²) in [5.74, 6) is 0.234. The van der Waals surface area contributed by atoms with Crippen LogP contribution < -0.4 is 5.32 Å². The molecule has 1 atom stereocenters. The predicted octanol–water partition coefficient (Wildman–Crippen LogP) is 3.33. The average Bonchev–Trinajstić information content (AvgIpc) is 3.04. The van der Waals surface area contributed by atoms with Crippen molar-refractivity contribution in [1.29, 1.82) is 0 Å². The summed E-state index contributed by atoms with van der Waals surface area (Å²) in [5.41, 5.74) is 1.24. The minimum Gasteiger partial charge on any atom is -0.459 e. The van der Waals surface area contributed by atoms with Crippen molar-refractivity contribution in [3.63, 3.8) is 0 Å². The molecule has 1 fully saturated rings. The van der Waals surface area contributed by atoms with Gasteiger partial charge in [-0.25, -0.2) is 0 Å². The molecule has 1 aromatic carbocycles. The third kappa shape index (κ3) is 3.90. The molecule has 1 aliphatic heterocycles. The van der Waals surface area contributed by atoms with Gasteiger partial charge in [0.2, 0.25) is 0 Å². The van der Waals surface area contributed by atoms with E-state index < -0.39 is 0 Å². The Morgan fingerprint density at radius 3 is 2.86 bits per heavy atom. The Morgan fingerprint density at radius 1 is 1.32 bits per heavy atom. The van der Waals surface area contributed by atoms with Crippen LogP contribution in [0.1, 0.15) is 29.0 Å². The van der Waals surface area contributed by atoms with E-state index in [1.165, 1.54) is 11.8 Å². The Balaban J connectivity index is 1.55. The first kappa shape index (κ1) is 15.1. The van der Waals surface area contributed by atoms with Gasteiger partial charge < -0.3 is 9.73 Å². The van der Waals surface area contributed by atoms with Crippen molar-refractivity contribution in [3.05, 3.63) is 59.0 Å². The van der Waals surface area contributed by atoms with Crippen molar-refractivity contribution >= 4 is 17.5 Å². The van der Waals surface area contributed by atoms with Crippen LogP contribution in [0.5, 0.6) is 0 Å². The van der Waals surface area contributed by atoms with Gasteiger partial charge in [-0.05, 0) is 49.2 Å². The molecule has 4 nitrogen and oxygen atoms in total. The number of hydrogen-bond donors (Lipinski definition) is 1. The Labute approximate surface area is 135 Å². The maximum absolute atomic E-state index is 12.0. The summed E-state index contributed by atoms with van der Waals surface area (Å²) in [6.07, 6.45) is 3.60. The van der Waals surface area contributed by atoms with Crippen LogP contribution >= 0.6 is 11.6 Å². The van der Waals surface area contributed by atoms with Crippen LogP contribution in [0, 0.1) is 0 Å². The molecule has 0 bridgehead atoms. The van der Waals surface area contributed by atoms with Gasteiger partial charge in [0.1, 0.15) is 0 Å². The number of carbonyl (C=O) groups excluding carboxylic acids is 1. The van der Waals surface area contributed by atoms with Gasteiger partial charge in [0.05, 0.1) is 6.26 Å². The fraction of sp³-hybridized carbons (Fsp3) is 0.353. The summed E-state index contributed by atoms with van der Waals surface area (Å²) < 4.78 is 5.13. The summed E-state index contributed by atoms with van der Waals surface area (Å²) in [7, 11) is 0. The number of benzene rings is 1. The molecule has 1 aromatic heterocycles. The molecule has 5 heteroatoms. The minimum absolute atomic E-state index is 0.136. The molecule has 2 heterocycles. The van der Waals surface area contributed by atoms with Gasteiger partial charge in [-0.15, -0.1) is 0 Å². The van der Waals surface area contributed by atoms with Crippen LogP contribution in [0.15, 0.2) is 47.1 Å². The Hall–Kier alpha value is -1.78. The molecule has 1 amide bonds. The lowest BCUT2D eigenvalue weighted by Crippen LogP contribution is -2.47. The highest BCUT2D eigenvalue weighted by molar-refractivity contribution is 6.30. The zero-order valence-corrected chi connectivity index (χ0v) is 13.1. The number of piperidine rings is 1. The molecular weight excluding hydrogens is 300 g/mol. The maximum atomic E-state index is 12.0. The first-order valence-corrected chi connectivity index (χ1v) is 7.90. The molecule has 1 N–H and O–H groups in total. The Kier molecular flexibility index (Phi) is 4.80. The summed E-state index contributed by atoms with van der Waals surface area (Å²) in [6.45, 7) is 2.79. The Morgan fingerprint density at radius 2 is 2.14 bits per heavy atom. The third-order valence-corrected chi connectivity index (χ3v) is 4.16. The van der Waals surface area contributed by atoms with Gasteiger partial charge in [0.25, 0.3) is 5.91 Å². The first-order valence-electron chi connectivity index (χ1n) is 7.52. The Bertz CT molecular complexity index is 610. The van der Waals surface area contributed by atoms with Crippen molar-refractivity contribution in [2.24, 2.45) is 0 Å². The predicted molar refractivity (Wildman–Crippen MR) is 85.9 cm³/mol. The van der Waals surface area contributed by atoms with E-state index in [9.17, 15) is 4.79 Å². The second-order valence-electron chi connectivity index (χ2n) is 5.65. The topological polar surface area (TPSA) is 45.5 Å². The fourth-order valence-corrected chi connectivity index (χ4v) is 2.96. The standard InChI is InChI=1S/C17H19ClN2O2/c18-14-7-5-13(6-8-14)11-20-9-1-3-15(12-20)19-17(21)16-4-2-10-22-16/h2,4-8,10,15H,1,3,9,11-12H2,(H,19,21)/t15-/m0/s1. The second-order valence-corrected chi connectivity index (χ2v) is 6.09. The van der Waals surface area contributed by atoms with Crippen LogP contribution in [0.3, 0.4) is 0 Å². The van der Waals surface area contributed by atoms with E-state index in [1.807, 2.05) is 24.3 Å². The molecule has 0 saturated carbocycles.